The molecule has 0 bridgehead atoms. The Morgan fingerprint density at radius 1 is 0.400 bits per heavy atom. The van der Waals surface area contributed by atoms with Crippen LogP contribution in [0.15, 0.2) is 48.5 Å². The van der Waals surface area contributed by atoms with Crippen LogP contribution in [0.1, 0.15) is 114 Å². The van der Waals surface area contributed by atoms with Crippen LogP contribution in [-0.2, 0) is 12.8 Å². The molecule has 0 aliphatic heterocycles. The van der Waals surface area contributed by atoms with Gasteiger partial charge in [0.15, 0.2) is 0 Å². The molecule has 0 saturated carbocycles. The molecule has 4 heteroatoms. The molecule has 40 heavy (non-hydrogen) atoms. The number of aliphatic hydroxyl groups excluding tert-OH is 4. The molecule has 0 saturated heterocycles. The van der Waals surface area contributed by atoms with Crippen LogP contribution in [0.5, 0.6) is 0 Å². The summed E-state index contributed by atoms with van der Waals surface area (Å²) in [6, 6.07) is 17.0. The Labute approximate surface area is 245 Å². The highest BCUT2D eigenvalue weighted by Gasteiger charge is 1.97. The van der Waals surface area contributed by atoms with E-state index in [1.165, 1.54) is 36.8 Å². The van der Waals surface area contributed by atoms with Gasteiger partial charge in [-0.05, 0) is 99.6 Å². The first-order valence-electron chi connectivity index (χ1n) is 15.3. The fraction of sp³-hybridized carbons (Fsp3) is 0.556. The molecule has 2 aromatic carbocycles. The summed E-state index contributed by atoms with van der Waals surface area (Å²) in [4.78, 5) is 0. The Bertz CT molecular complexity index is 885. The molecule has 0 spiro atoms. The average molecular weight is 551 g/mol. The average Bonchev–Trinajstić information content (AvgIpc) is 2.98. The summed E-state index contributed by atoms with van der Waals surface area (Å²) in [5.41, 5.74) is 4.86. The molecule has 0 amide bonds. The van der Waals surface area contributed by atoms with E-state index in [0.29, 0.717) is 13.2 Å². The van der Waals surface area contributed by atoms with Crippen molar-refractivity contribution in [3.8, 4) is 23.7 Å². The molecule has 0 unspecified atom stereocenters. The Kier molecular flexibility index (Phi) is 23.6. The highest BCUT2D eigenvalue weighted by Crippen LogP contribution is 2.12. The predicted octanol–water partition coefficient (Wildman–Crippen LogP) is 6.84. The van der Waals surface area contributed by atoms with Gasteiger partial charge in [-0.2, -0.15) is 0 Å². The van der Waals surface area contributed by atoms with Gasteiger partial charge in [0.1, 0.15) is 0 Å². The SMILES string of the molecule is OCCCCC#Cc1ccc(C#CCCCCO)cc1.OCCCCCCc1ccc(CCCCCCO)cc1.[HH]. The highest BCUT2D eigenvalue weighted by atomic mass is 16.3. The Hall–Kier alpha value is -2.60. The first-order valence-corrected chi connectivity index (χ1v) is 15.3. The van der Waals surface area contributed by atoms with Crippen molar-refractivity contribution in [2.24, 2.45) is 0 Å². The van der Waals surface area contributed by atoms with Gasteiger partial charge in [-0.25, -0.2) is 0 Å². The molecule has 0 atom stereocenters. The fourth-order valence-electron chi connectivity index (χ4n) is 4.08. The minimum atomic E-state index is 0. The van der Waals surface area contributed by atoms with E-state index in [2.05, 4.69) is 47.9 Å². The fourth-order valence-corrected chi connectivity index (χ4v) is 4.08. The maximum atomic E-state index is 8.72. The Morgan fingerprint density at radius 2 is 0.725 bits per heavy atom. The zero-order chi connectivity index (χ0) is 28.9. The monoisotopic (exact) mass is 550 g/mol. The smallest absolute Gasteiger partial charge is 0.0431 e. The number of unbranched alkanes of at least 4 members (excludes halogenated alkanes) is 10. The first kappa shape index (κ1) is 35.4. The largest absolute Gasteiger partial charge is 0.396 e. The minimum absolute atomic E-state index is 0. The highest BCUT2D eigenvalue weighted by molar-refractivity contribution is 5.41. The van der Waals surface area contributed by atoms with Gasteiger partial charge in [-0.1, -0.05) is 73.6 Å². The molecule has 0 fully saturated rings. The van der Waals surface area contributed by atoms with Gasteiger partial charge in [0.25, 0.3) is 0 Å². The number of aryl methyl sites for hydroxylation is 2. The van der Waals surface area contributed by atoms with E-state index in [1.807, 2.05) is 24.3 Å². The standard InChI is InChI=1S/C18H30O2.C18H22O2.H2/c2*19-15-7-3-1-5-9-17-11-13-18(14-12-17)10-6-2-4-8-16-20;/h11-14,19-20H,1-10,15-16H2;11-14,19-20H,1-4,7-8,15-16H2;1H. The molecular formula is C36H54O4. The van der Waals surface area contributed by atoms with Crippen molar-refractivity contribution in [2.75, 3.05) is 26.4 Å². The number of aliphatic hydroxyl groups is 4. The first-order chi connectivity index (χ1) is 19.7. The van der Waals surface area contributed by atoms with Crippen molar-refractivity contribution in [2.45, 2.75) is 103 Å². The van der Waals surface area contributed by atoms with E-state index in [4.69, 9.17) is 20.4 Å². The van der Waals surface area contributed by atoms with E-state index in [9.17, 15) is 0 Å². The number of hydrogen-bond donors (Lipinski definition) is 4. The third-order valence-electron chi connectivity index (χ3n) is 6.54. The van der Waals surface area contributed by atoms with Crippen LogP contribution in [-0.4, -0.2) is 46.9 Å². The van der Waals surface area contributed by atoms with E-state index >= 15 is 0 Å². The molecular weight excluding hydrogens is 496 g/mol. The van der Waals surface area contributed by atoms with Crippen LogP contribution in [0.25, 0.3) is 0 Å². The summed E-state index contributed by atoms with van der Waals surface area (Å²) in [5, 5.41) is 34.8. The second-order valence-electron chi connectivity index (χ2n) is 10.1. The summed E-state index contributed by atoms with van der Waals surface area (Å²) >= 11 is 0. The van der Waals surface area contributed by atoms with Crippen LogP contribution in [0.4, 0.5) is 0 Å². The molecule has 0 aliphatic carbocycles. The van der Waals surface area contributed by atoms with Gasteiger partial charge in [0.2, 0.25) is 0 Å². The molecule has 0 radical (unpaired) electrons. The summed E-state index contributed by atoms with van der Waals surface area (Å²) in [6.07, 6.45) is 16.5. The van der Waals surface area contributed by atoms with E-state index < -0.39 is 0 Å². The van der Waals surface area contributed by atoms with Crippen LogP contribution in [0.2, 0.25) is 0 Å². The predicted molar refractivity (Wildman–Crippen MR) is 169 cm³/mol. The number of rotatable bonds is 18. The van der Waals surface area contributed by atoms with Crippen LogP contribution < -0.4 is 0 Å². The van der Waals surface area contributed by atoms with Gasteiger partial charge < -0.3 is 20.4 Å². The van der Waals surface area contributed by atoms with E-state index in [1.54, 1.807) is 0 Å². The third kappa shape index (κ3) is 20.3. The van der Waals surface area contributed by atoms with Crippen LogP contribution in [0.3, 0.4) is 0 Å². The normalized spacial score (nSPS) is 10.1. The van der Waals surface area contributed by atoms with Crippen LogP contribution in [0, 0.1) is 23.7 Å². The molecule has 2 aromatic rings. The van der Waals surface area contributed by atoms with Crippen molar-refractivity contribution in [1.82, 2.24) is 0 Å². The topological polar surface area (TPSA) is 80.9 Å². The maximum absolute atomic E-state index is 8.72. The Balaban J connectivity index is 0.000000762. The van der Waals surface area contributed by atoms with Crippen molar-refractivity contribution in [3.05, 3.63) is 70.8 Å². The third-order valence-corrected chi connectivity index (χ3v) is 6.54. The lowest BCUT2D eigenvalue weighted by Gasteiger charge is -2.05. The molecule has 0 aliphatic rings. The van der Waals surface area contributed by atoms with E-state index in [-0.39, 0.29) is 14.6 Å². The molecule has 4 nitrogen and oxygen atoms in total. The van der Waals surface area contributed by atoms with Gasteiger partial charge in [0.05, 0.1) is 0 Å². The molecule has 0 aromatic heterocycles. The lowest BCUT2D eigenvalue weighted by Crippen LogP contribution is -1.90. The van der Waals surface area contributed by atoms with Crippen LogP contribution >= 0.6 is 0 Å². The van der Waals surface area contributed by atoms with Crippen molar-refractivity contribution in [3.63, 3.8) is 0 Å². The Morgan fingerprint density at radius 3 is 1.07 bits per heavy atom. The molecule has 0 heterocycles. The second kappa shape index (κ2) is 26.6. The zero-order valence-electron chi connectivity index (χ0n) is 24.5. The number of hydrogen-bond acceptors (Lipinski definition) is 4. The van der Waals surface area contributed by atoms with Gasteiger partial charge in [-0.3, -0.25) is 0 Å². The van der Waals surface area contributed by atoms with E-state index in [0.717, 1.165) is 88.2 Å². The van der Waals surface area contributed by atoms with Gasteiger partial charge >= 0.3 is 0 Å². The maximum Gasteiger partial charge on any atom is 0.0431 e. The molecule has 222 valence electrons. The molecule has 2 rings (SSSR count). The second-order valence-corrected chi connectivity index (χ2v) is 10.1. The molecule has 4 N–H and O–H groups in total. The van der Waals surface area contributed by atoms with Gasteiger partial charge in [-0.15, -0.1) is 0 Å². The summed E-state index contributed by atoms with van der Waals surface area (Å²) in [7, 11) is 0. The summed E-state index contributed by atoms with van der Waals surface area (Å²) in [5.74, 6) is 12.4. The van der Waals surface area contributed by atoms with Crippen molar-refractivity contribution < 1.29 is 21.9 Å². The summed E-state index contributed by atoms with van der Waals surface area (Å²) in [6.45, 7) is 1.14. The van der Waals surface area contributed by atoms with Gasteiger partial charge in [0, 0.05) is 51.8 Å². The lowest BCUT2D eigenvalue weighted by molar-refractivity contribution is 0.282. The minimum Gasteiger partial charge on any atom is -0.396 e. The van der Waals surface area contributed by atoms with Crippen molar-refractivity contribution >= 4 is 0 Å². The number of benzene rings is 2. The van der Waals surface area contributed by atoms with Crippen molar-refractivity contribution in [1.29, 1.82) is 0 Å². The quantitative estimate of drug-likeness (QED) is 0.121. The summed E-state index contributed by atoms with van der Waals surface area (Å²) < 4.78 is 0. The lowest BCUT2D eigenvalue weighted by atomic mass is 10.0. The zero-order valence-corrected chi connectivity index (χ0v) is 24.5.